The van der Waals surface area contributed by atoms with Crippen LogP contribution in [0.3, 0.4) is 0 Å². The number of carbonyl (C=O) groups is 1. The first-order valence-corrected chi connectivity index (χ1v) is 4.54. The van der Waals surface area contributed by atoms with Crippen LogP contribution in [0, 0.1) is 5.82 Å². The van der Waals surface area contributed by atoms with Gasteiger partial charge in [-0.1, -0.05) is 6.07 Å². The van der Waals surface area contributed by atoms with E-state index in [0.717, 1.165) is 0 Å². The first-order valence-electron chi connectivity index (χ1n) is 4.54. The molecule has 0 radical (unpaired) electrons. The minimum Gasteiger partial charge on any atom is -0.494 e. The standard InChI is InChI=1S/C11H13FO2/c1-3-14-10-5-4-9(6-8(2)13)11(12)7-10/h4-5,7H,3,6H2,1-2H3. The zero-order valence-electron chi connectivity index (χ0n) is 8.34. The summed E-state index contributed by atoms with van der Waals surface area (Å²) in [6.07, 6.45) is 0.137. The van der Waals surface area contributed by atoms with Crippen LogP contribution in [0.25, 0.3) is 0 Å². The van der Waals surface area contributed by atoms with Crippen LogP contribution >= 0.6 is 0 Å². The predicted molar refractivity (Wildman–Crippen MR) is 52.0 cm³/mol. The van der Waals surface area contributed by atoms with E-state index >= 15 is 0 Å². The molecule has 0 N–H and O–H groups in total. The second-order valence-corrected chi connectivity index (χ2v) is 3.07. The first-order chi connectivity index (χ1) is 6.63. The van der Waals surface area contributed by atoms with Crippen molar-refractivity contribution in [3.8, 4) is 5.75 Å². The van der Waals surface area contributed by atoms with Gasteiger partial charge in [-0.15, -0.1) is 0 Å². The van der Waals surface area contributed by atoms with Crippen LogP contribution < -0.4 is 4.74 Å². The van der Waals surface area contributed by atoms with E-state index in [1.807, 2.05) is 6.92 Å². The van der Waals surface area contributed by atoms with Crippen LogP contribution in [0.5, 0.6) is 5.75 Å². The van der Waals surface area contributed by atoms with Crippen LogP contribution in [-0.4, -0.2) is 12.4 Å². The van der Waals surface area contributed by atoms with Crippen molar-refractivity contribution in [1.82, 2.24) is 0 Å². The summed E-state index contributed by atoms with van der Waals surface area (Å²) in [5, 5.41) is 0. The molecule has 0 aliphatic rings. The van der Waals surface area contributed by atoms with Crippen molar-refractivity contribution in [2.45, 2.75) is 20.3 Å². The van der Waals surface area contributed by atoms with Gasteiger partial charge in [0.2, 0.25) is 0 Å². The van der Waals surface area contributed by atoms with Crippen LogP contribution in [0.2, 0.25) is 0 Å². The average molecular weight is 196 g/mol. The van der Waals surface area contributed by atoms with E-state index in [9.17, 15) is 9.18 Å². The quantitative estimate of drug-likeness (QED) is 0.738. The maximum absolute atomic E-state index is 13.3. The number of halogens is 1. The van der Waals surface area contributed by atoms with Gasteiger partial charge in [-0.3, -0.25) is 4.79 Å². The lowest BCUT2D eigenvalue weighted by Crippen LogP contribution is -2.00. The average Bonchev–Trinajstić information content (AvgIpc) is 2.10. The normalized spacial score (nSPS) is 9.93. The molecule has 0 heterocycles. The van der Waals surface area contributed by atoms with Crippen LogP contribution in [0.15, 0.2) is 18.2 Å². The largest absolute Gasteiger partial charge is 0.494 e. The number of hydrogen-bond donors (Lipinski definition) is 0. The summed E-state index contributed by atoms with van der Waals surface area (Å²) in [6.45, 7) is 3.78. The summed E-state index contributed by atoms with van der Waals surface area (Å²) in [4.78, 5) is 10.8. The molecule has 14 heavy (non-hydrogen) atoms. The van der Waals surface area contributed by atoms with Crippen LogP contribution in [-0.2, 0) is 11.2 Å². The van der Waals surface area contributed by atoms with Gasteiger partial charge in [0, 0.05) is 12.5 Å². The third kappa shape index (κ3) is 2.83. The highest BCUT2D eigenvalue weighted by molar-refractivity contribution is 5.78. The summed E-state index contributed by atoms with van der Waals surface area (Å²) in [5.74, 6) is 0.0662. The molecule has 76 valence electrons. The Morgan fingerprint density at radius 3 is 2.71 bits per heavy atom. The zero-order chi connectivity index (χ0) is 10.6. The van der Waals surface area contributed by atoms with E-state index in [1.165, 1.54) is 13.0 Å². The smallest absolute Gasteiger partial charge is 0.134 e. The highest BCUT2D eigenvalue weighted by Crippen LogP contribution is 2.17. The van der Waals surface area contributed by atoms with Crippen LogP contribution in [0.1, 0.15) is 19.4 Å². The van der Waals surface area contributed by atoms with Crippen molar-refractivity contribution in [2.75, 3.05) is 6.61 Å². The van der Waals surface area contributed by atoms with Gasteiger partial charge in [-0.2, -0.15) is 0 Å². The molecule has 0 spiro atoms. The van der Waals surface area contributed by atoms with Crippen molar-refractivity contribution in [3.63, 3.8) is 0 Å². The van der Waals surface area contributed by atoms with Gasteiger partial charge >= 0.3 is 0 Å². The van der Waals surface area contributed by atoms with Crippen molar-refractivity contribution < 1.29 is 13.9 Å². The Morgan fingerprint density at radius 2 is 2.21 bits per heavy atom. The number of rotatable bonds is 4. The molecular formula is C11H13FO2. The lowest BCUT2D eigenvalue weighted by atomic mass is 10.1. The Balaban J connectivity index is 2.84. The number of ether oxygens (including phenoxy) is 1. The SMILES string of the molecule is CCOc1ccc(CC(C)=O)c(F)c1. The van der Waals surface area contributed by atoms with E-state index in [0.29, 0.717) is 17.9 Å². The third-order valence-electron chi connectivity index (χ3n) is 1.77. The number of ketones is 1. The molecule has 0 unspecified atom stereocenters. The Bertz CT molecular complexity index is 334. The highest BCUT2D eigenvalue weighted by Gasteiger charge is 2.05. The lowest BCUT2D eigenvalue weighted by molar-refractivity contribution is -0.116. The van der Waals surface area contributed by atoms with Crippen molar-refractivity contribution >= 4 is 5.78 Å². The number of carbonyl (C=O) groups excluding carboxylic acids is 1. The second-order valence-electron chi connectivity index (χ2n) is 3.07. The molecule has 0 amide bonds. The predicted octanol–water partition coefficient (Wildman–Crippen LogP) is 2.36. The second kappa shape index (κ2) is 4.74. The number of hydrogen-bond acceptors (Lipinski definition) is 2. The first kappa shape index (κ1) is 10.7. The molecule has 0 aliphatic carbocycles. The minimum absolute atomic E-state index is 0.0481. The highest BCUT2D eigenvalue weighted by atomic mass is 19.1. The molecule has 1 rings (SSSR count). The molecule has 0 aromatic heterocycles. The molecule has 0 saturated heterocycles. The zero-order valence-corrected chi connectivity index (χ0v) is 8.34. The molecule has 0 atom stereocenters. The maximum atomic E-state index is 13.3. The van der Waals surface area contributed by atoms with Crippen molar-refractivity contribution in [1.29, 1.82) is 0 Å². The van der Waals surface area contributed by atoms with Gasteiger partial charge in [0.15, 0.2) is 0 Å². The molecule has 0 bridgehead atoms. The van der Waals surface area contributed by atoms with E-state index in [4.69, 9.17) is 4.74 Å². The molecule has 0 aliphatic heterocycles. The van der Waals surface area contributed by atoms with Gasteiger partial charge in [0.05, 0.1) is 6.61 Å². The molecule has 0 fully saturated rings. The van der Waals surface area contributed by atoms with Gasteiger partial charge in [0.25, 0.3) is 0 Å². The van der Waals surface area contributed by atoms with Gasteiger partial charge < -0.3 is 4.74 Å². The lowest BCUT2D eigenvalue weighted by Gasteiger charge is -2.05. The Kier molecular flexibility index (Phi) is 3.63. The fraction of sp³-hybridized carbons (Fsp3) is 0.364. The third-order valence-corrected chi connectivity index (χ3v) is 1.77. The van der Waals surface area contributed by atoms with Crippen LogP contribution in [0.4, 0.5) is 4.39 Å². The summed E-state index contributed by atoms with van der Waals surface area (Å²) in [5.41, 5.74) is 0.418. The molecule has 3 heteroatoms. The van der Waals surface area contributed by atoms with E-state index in [-0.39, 0.29) is 18.0 Å². The minimum atomic E-state index is -0.383. The van der Waals surface area contributed by atoms with E-state index in [1.54, 1.807) is 12.1 Å². The summed E-state index contributed by atoms with van der Waals surface area (Å²) in [7, 11) is 0. The fourth-order valence-electron chi connectivity index (χ4n) is 1.20. The summed E-state index contributed by atoms with van der Waals surface area (Å²) < 4.78 is 18.4. The monoisotopic (exact) mass is 196 g/mol. The van der Waals surface area contributed by atoms with Gasteiger partial charge in [-0.05, 0) is 25.5 Å². The fourth-order valence-corrected chi connectivity index (χ4v) is 1.20. The van der Waals surface area contributed by atoms with Gasteiger partial charge in [0.1, 0.15) is 17.3 Å². The van der Waals surface area contributed by atoms with E-state index < -0.39 is 0 Å². The van der Waals surface area contributed by atoms with Crippen molar-refractivity contribution in [3.05, 3.63) is 29.6 Å². The van der Waals surface area contributed by atoms with Gasteiger partial charge in [-0.25, -0.2) is 4.39 Å². The topological polar surface area (TPSA) is 26.3 Å². The Hall–Kier alpha value is -1.38. The maximum Gasteiger partial charge on any atom is 0.134 e. The number of Topliss-reactive ketones (excluding diaryl/α,β-unsaturated/α-hetero) is 1. The number of benzene rings is 1. The van der Waals surface area contributed by atoms with Crippen molar-refractivity contribution in [2.24, 2.45) is 0 Å². The summed E-state index contributed by atoms with van der Waals surface area (Å²) >= 11 is 0. The molecule has 0 saturated carbocycles. The molecule has 2 nitrogen and oxygen atoms in total. The summed E-state index contributed by atoms with van der Waals surface area (Å²) in [6, 6.07) is 4.56. The van der Waals surface area contributed by atoms with E-state index in [2.05, 4.69) is 0 Å². The molecular weight excluding hydrogens is 183 g/mol. The Morgan fingerprint density at radius 1 is 1.50 bits per heavy atom. The Labute approximate surface area is 82.7 Å². The molecule has 1 aromatic rings. The molecule has 1 aromatic carbocycles.